The average molecular weight is 838 g/mol. The molecule has 0 fully saturated rings. The lowest BCUT2D eigenvalue weighted by molar-refractivity contribution is 0.0980. The predicted molar refractivity (Wildman–Crippen MR) is 237 cm³/mol. The van der Waals surface area contributed by atoms with E-state index in [0.29, 0.717) is 76.2 Å². The van der Waals surface area contributed by atoms with Gasteiger partial charge >= 0.3 is 0 Å². The maximum atomic E-state index is 14.0. The molecule has 6 aromatic rings. The van der Waals surface area contributed by atoms with Crippen molar-refractivity contribution < 1.29 is 23.9 Å². The van der Waals surface area contributed by atoms with Crippen LogP contribution in [0.3, 0.4) is 0 Å². The first kappa shape index (κ1) is 42.6. The van der Waals surface area contributed by atoms with Crippen molar-refractivity contribution in [3.05, 3.63) is 141 Å². The van der Waals surface area contributed by atoms with Gasteiger partial charge in [-0.2, -0.15) is 15.2 Å². The zero-order chi connectivity index (χ0) is 44.6. The van der Waals surface area contributed by atoms with Gasteiger partial charge in [-0.05, 0) is 89.6 Å². The number of aryl methyl sites for hydroxylation is 5. The number of anilines is 2. The smallest absolute Gasteiger partial charge is 0.298 e. The zero-order valence-electron chi connectivity index (χ0n) is 36.3. The number of amides is 3. The zero-order valence-corrected chi connectivity index (χ0v) is 36.3. The van der Waals surface area contributed by atoms with Crippen LogP contribution in [-0.2, 0) is 33.3 Å². The van der Waals surface area contributed by atoms with Crippen LogP contribution < -0.4 is 31.6 Å². The normalized spacial score (nSPS) is 13.9. The van der Waals surface area contributed by atoms with E-state index in [4.69, 9.17) is 21.2 Å². The number of aromatic nitrogens is 6. The average Bonchev–Trinajstić information content (AvgIpc) is 3.98. The molecule has 0 spiro atoms. The van der Waals surface area contributed by atoms with Crippen molar-refractivity contribution >= 4 is 45.9 Å². The summed E-state index contributed by atoms with van der Waals surface area (Å²) in [5.74, 6) is -0.928. The van der Waals surface area contributed by atoms with E-state index in [-0.39, 0.29) is 24.5 Å². The monoisotopic (exact) mass is 837 g/mol. The molecule has 0 atom stereocenters. The Kier molecular flexibility index (Phi) is 11.9. The molecule has 0 bridgehead atoms. The molecular weight excluding hydrogens is 787 g/mol. The van der Waals surface area contributed by atoms with Gasteiger partial charge in [0, 0.05) is 57.5 Å². The highest BCUT2D eigenvalue weighted by molar-refractivity contribution is 6.06. The van der Waals surface area contributed by atoms with E-state index in [1.54, 1.807) is 63.5 Å². The number of imidazole rings is 1. The van der Waals surface area contributed by atoms with Crippen LogP contribution >= 0.6 is 0 Å². The van der Waals surface area contributed by atoms with Crippen molar-refractivity contribution in [3.63, 3.8) is 0 Å². The van der Waals surface area contributed by atoms with E-state index in [1.165, 1.54) is 0 Å². The summed E-state index contributed by atoms with van der Waals surface area (Å²) in [6.45, 7) is 13.3. The number of ketones is 1. The molecule has 16 heteroatoms. The molecule has 3 aromatic carbocycles. The topological polar surface area (TPSA) is 194 Å². The number of hydrogen-bond donors (Lipinski definition) is 2. The van der Waals surface area contributed by atoms with Crippen LogP contribution in [0.25, 0.3) is 11.0 Å². The van der Waals surface area contributed by atoms with Crippen LogP contribution in [0, 0.1) is 13.8 Å². The van der Waals surface area contributed by atoms with Gasteiger partial charge in [0.15, 0.2) is 0 Å². The summed E-state index contributed by atoms with van der Waals surface area (Å²) in [7, 11) is 3.62. The van der Waals surface area contributed by atoms with E-state index in [0.717, 1.165) is 28.1 Å². The molecule has 4 N–H and O–H groups in total. The molecule has 0 radical (unpaired) electrons. The number of ether oxygens (including phenoxy) is 1. The van der Waals surface area contributed by atoms with Crippen LogP contribution in [0.4, 0.5) is 11.4 Å². The number of allylic oxidation sites excluding steroid dienone is 2. The van der Waals surface area contributed by atoms with E-state index in [9.17, 15) is 19.2 Å². The standard InChI is InChI=1S/C46H51N11O5/c1-9-56-36(18-29(5)50-56)39(58)23-41-52(7)35-20-32(43(47)59)16-17-34(35)54(41)24-27(3)28(4)25-55-42-37(53(8)46(55)49-45(61)38-19-30(6)51-57(38)10-2)21-33(44(48)60)22-40(42)62-26-31-14-12-11-13-15-31/h11-23H,9-10,24-26H2,1-8H3,(H2,47,59)(H2,48,60)/b28-27+,41-23+,49-46?. The Labute approximate surface area is 359 Å². The largest absolute Gasteiger partial charge is 0.487 e. The number of rotatable bonds is 14. The maximum absolute atomic E-state index is 14.0. The summed E-state index contributed by atoms with van der Waals surface area (Å²) in [4.78, 5) is 61.6. The molecule has 0 saturated heterocycles. The van der Waals surface area contributed by atoms with Gasteiger partial charge in [-0.15, -0.1) is 0 Å². The Morgan fingerprint density at radius 1 is 0.758 bits per heavy atom. The number of benzene rings is 3. The first-order chi connectivity index (χ1) is 29.6. The molecule has 4 heterocycles. The van der Waals surface area contributed by atoms with Crippen LogP contribution in [-0.4, -0.2) is 65.8 Å². The second-order valence-electron chi connectivity index (χ2n) is 15.5. The number of carbonyl (C=O) groups is 4. The van der Waals surface area contributed by atoms with Gasteiger partial charge in [0.1, 0.15) is 35.1 Å². The summed E-state index contributed by atoms with van der Waals surface area (Å²) < 4.78 is 13.4. The minimum Gasteiger partial charge on any atom is -0.487 e. The highest BCUT2D eigenvalue weighted by Gasteiger charge is 2.31. The molecule has 3 amide bonds. The van der Waals surface area contributed by atoms with E-state index >= 15 is 0 Å². The minimum atomic E-state index is -0.636. The third-order valence-corrected chi connectivity index (χ3v) is 11.1. The van der Waals surface area contributed by atoms with Gasteiger partial charge in [0.2, 0.25) is 23.2 Å². The van der Waals surface area contributed by atoms with Crippen LogP contribution in [0.5, 0.6) is 5.75 Å². The summed E-state index contributed by atoms with van der Waals surface area (Å²) >= 11 is 0. The number of nitrogens with two attached hydrogens (primary N) is 2. The fourth-order valence-corrected chi connectivity index (χ4v) is 7.75. The second kappa shape index (κ2) is 17.2. The van der Waals surface area contributed by atoms with Gasteiger partial charge in [0.05, 0.1) is 28.3 Å². The molecule has 1 aliphatic rings. The highest BCUT2D eigenvalue weighted by atomic mass is 16.5. The number of nitrogens with zero attached hydrogens (tertiary/aromatic N) is 9. The summed E-state index contributed by atoms with van der Waals surface area (Å²) in [5, 5.41) is 8.94. The SMILES string of the molecule is CCn1nc(C)cc1C(=O)/C=C1\N(C)c2cc(C(N)=O)ccc2N1C/C(C)=C(\C)Cn1c(=NC(=O)c2cc(C)nn2CC)n(C)c2cc(C(N)=O)cc(OCc3ccccc3)c21. The Bertz CT molecular complexity index is 2910. The number of primary amides is 2. The number of fused-ring (bicyclic) bond motifs is 2. The Morgan fingerprint density at radius 3 is 2.03 bits per heavy atom. The third-order valence-electron chi connectivity index (χ3n) is 11.1. The molecule has 3 aromatic heterocycles. The summed E-state index contributed by atoms with van der Waals surface area (Å²) in [6, 6.07) is 21.7. The molecular formula is C46H51N11O5. The van der Waals surface area contributed by atoms with Crippen molar-refractivity contribution in [2.75, 3.05) is 23.4 Å². The third kappa shape index (κ3) is 8.18. The van der Waals surface area contributed by atoms with Crippen LogP contribution in [0.15, 0.2) is 101 Å². The molecule has 62 heavy (non-hydrogen) atoms. The van der Waals surface area contributed by atoms with Crippen molar-refractivity contribution in [1.82, 2.24) is 28.7 Å². The predicted octanol–water partition coefficient (Wildman–Crippen LogP) is 5.56. The van der Waals surface area contributed by atoms with Gasteiger partial charge in [-0.25, -0.2) is 0 Å². The highest BCUT2D eigenvalue weighted by Crippen LogP contribution is 2.42. The summed E-state index contributed by atoms with van der Waals surface area (Å²) in [6.07, 6.45) is 1.59. The Morgan fingerprint density at radius 2 is 1.39 bits per heavy atom. The van der Waals surface area contributed by atoms with E-state index in [2.05, 4.69) is 10.2 Å². The van der Waals surface area contributed by atoms with Crippen molar-refractivity contribution in [2.24, 2.45) is 23.5 Å². The lowest BCUT2D eigenvalue weighted by Gasteiger charge is -2.24. The fraction of sp³-hybridized carbons (Fsp3) is 0.283. The van der Waals surface area contributed by atoms with Crippen molar-refractivity contribution in [2.45, 2.75) is 67.8 Å². The quantitative estimate of drug-likeness (QED) is 0.0802. The number of hydrogen-bond acceptors (Lipinski definition) is 9. The summed E-state index contributed by atoms with van der Waals surface area (Å²) in [5.41, 5.74) is 20.1. The van der Waals surface area contributed by atoms with Crippen molar-refractivity contribution in [1.29, 1.82) is 0 Å². The lowest BCUT2D eigenvalue weighted by Crippen LogP contribution is -2.30. The number of carbonyl (C=O) groups excluding carboxylic acids is 4. The molecule has 7 rings (SSSR count). The molecule has 0 unspecified atom stereocenters. The first-order valence-electron chi connectivity index (χ1n) is 20.3. The van der Waals surface area contributed by atoms with Gasteiger partial charge in [-0.3, -0.25) is 28.5 Å². The van der Waals surface area contributed by atoms with Crippen LogP contribution in [0.2, 0.25) is 0 Å². The minimum absolute atomic E-state index is 0.201. The van der Waals surface area contributed by atoms with Gasteiger partial charge < -0.3 is 35.1 Å². The van der Waals surface area contributed by atoms with E-state index in [1.807, 2.05) is 99.4 Å². The maximum Gasteiger partial charge on any atom is 0.298 e. The molecule has 0 saturated carbocycles. The second-order valence-corrected chi connectivity index (χ2v) is 15.5. The Hall–Kier alpha value is -7.49. The Balaban J connectivity index is 1.37. The molecule has 0 aliphatic carbocycles. The van der Waals surface area contributed by atoms with E-state index < -0.39 is 17.7 Å². The fourth-order valence-electron chi connectivity index (χ4n) is 7.75. The molecule has 320 valence electrons. The van der Waals surface area contributed by atoms with Crippen molar-refractivity contribution in [3.8, 4) is 5.75 Å². The van der Waals surface area contributed by atoms with Crippen LogP contribution in [0.1, 0.15) is 86.3 Å². The van der Waals surface area contributed by atoms with Gasteiger partial charge in [-0.1, -0.05) is 41.5 Å². The molecule has 1 aliphatic heterocycles. The first-order valence-corrected chi connectivity index (χ1v) is 20.3. The molecule has 16 nitrogen and oxygen atoms in total. The lowest BCUT2D eigenvalue weighted by atomic mass is 10.1. The van der Waals surface area contributed by atoms with Gasteiger partial charge in [0.25, 0.3) is 5.91 Å².